The van der Waals surface area contributed by atoms with Crippen molar-refractivity contribution in [2.24, 2.45) is 0 Å². The maximum atomic E-state index is 13.0. The first-order chi connectivity index (χ1) is 8.56. The number of hydrogen-bond acceptors (Lipinski definition) is 1. The molecule has 2 nitrogen and oxygen atoms in total. The monoisotopic (exact) mass is 263 g/mol. The van der Waals surface area contributed by atoms with Crippen molar-refractivity contribution in [1.29, 1.82) is 0 Å². The lowest BCUT2D eigenvalue weighted by Crippen LogP contribution is -2.12. The molecular formula is C14H11ClFNO. The number of anilines is 1. The Morgan fingerprint density at radius 1 is 1.22 bits per heavy atom. The summed E-state index contributed by atoms with van der Waals surface area (Å²) in [6, 6.07) is 10.8. The predicted molar refractivity (Wildman–Crippen MR) is 70.5 cm³/mol. The van der Waals surface area contributed by atoms with E-state index >= 15 is 0 Å². The molecule has 2 aromatic rings. The van der Waals surface area contributed by atoms with Gasteiger partial charge in [0.15, 0.2) is 0 Å². The van der Waals surface area contributed by atoms with E-state index in [1.165, 1.54) is 18.2 Å². The molecule has 0 spiro atoms. The van der Waals surface area contributed by atoms with Crippen LogP contribution in [0, 0.1) is 12.7 Å². The Morgan fingerprint density at radius 3 is 2.67 bits per heavy atom. The minimum atomic E-state index is -0.394. The van der Waals surface area contributed by atoms with Crippen LogP contribution < -0.4 is 5.32 Å². The van der Waals surface area contributed by atoms with Crippen LogP contribution in [0.5, 0.6) is 0 Å². The van der Waals surface area contributed by atoms with Crippen molar-refractivity contribution in [2.45, 2.75) is 6.92 Å². The van der Waals surface area contributed by atoms with Crippen LogP contribution in [0.25, 0.3) is 0 Å². The largest absolute Gasteiger partial charge is 0.322 e. The van der Waals surface area contributed by atoms with Crippen LogP contribution in [0.4, 0.5) is 10.1 Å². The highest BCUT2D eigenvalue weighted by Crippen LogP contribution is 2.18. The van der Waals surface area contributed by atoms with Gasteiger partial charge in [0.25, 0.3) is 5.91 Å². The number of halogens is 2. The van der Waals surface area contributed by atoms with Gasteiger partial charge in [-0.1, -0.05) is 23.7 Å². The van der Waals surface area contributed by atoms with Gasteiger partial charge in [-0.2, -0.15) is 0 Å². The molecule has 0 aliphatic carbocycles. The van der Waals surface area contributed by atoms with Gasteiger partial charge < -0.3 is 5.32 Å². The zero-order valence-corrected chi connectivity index (χ0v) is 10.5. The Bertz CT molecular complexity index is 598. The highest BCUT2D eigenvalue weighted by Gasteiger charge is 2.08. The highest BCUT2D eigenvalue weighted by molar-refractivity contribution is 6.31. The van der Waals surface area contributed by atoms with Crippen LogP contribution in [-0.2, 0) is 0 Å². The predicted octanol–water partition coefficient (Wildman–Crippen LogP) is 4.04. The van der Waals surface area contributed by atoms with Gasteiger partial charge in [0, 0.05) is 16.3 Å². The molecular weight excluding hydrogens is 253 g/mol. The van der Waals surface area contributed by atoms with Crippen LogP contribution in [0.1, 0.15) is 15.9 Å². The van der Waals surface area contributed by atoms with Crippen LogP contribution >= 0.6 is 11.6 Å². The lowest BCUT2D eigenvalue weighted by atomic mass is 10.1. The van der Waals surface area contributed by atoms with E-state index in [1.807, 2.05) is 6.92 Å². The molecule has 0 heterocycles. The molecule has 0 saturated heterocycles. The quantitative estimate of drug-likeness (QED) is 0.870. The summed E-state index contributed by atoms with van der Waals surface area (Å²) in [5.41, 5.74) is 1.76. The summed E-state index contributed by atoms with van der Waals surface area (Å²) in [5.74, 6) is -0.711. The van der Waals surface area contributed by atoms with Gasteiger partial charge in [-0.3, -0.25) is 4.79 Å². The van der Waals surface area contributed by atoms with Gasteiger partial charge in [0.2, 0.25) is 0 Å². The van der Waals surface area contributed by atoms with Gasteiger partial charge in [-0.05, 0) is 42.8 Å². The van der Waals surface area contributed by atoms with E-state index in [-0.39, 0.29) is 5.91 Å². The van der Waals surface area contributed by atoms with E-state index in [2.05, 4.69) is 5.32 Å². The molecule has 0 saturated carbocycles. The number of carbonyl (C=O) groups is 1. The van der Waals surface area contributed by atoms with E-state index in [0.29, 0.717) is 16.3 Å². The second-order valence-electron chi connectivity index (χ2n) is 3.93. The summed E-state index contributed by atoms with van der Waals surface area (Å²) >= 11 is 5.95. The summed E-state index contributed by atoms with van der Waals surface area (Å²) in [6.45, 7) is 1.86. The fourth-order valence-corrected chi connectivity index (χ4v) is 1.68. The van der Waals surface area contributed by atoms with Crippen molar-refractivity contribution in [3.63, 3.8) is 0 Å². The third-order valence-electron chi connectivity index (χ3n) is 2.52. The summed E-state index contributed by atoms with van der Waals surface area (Å²) in [4.78, 5) is 11.9. The normalized spacial score (nSPS) is 10.2. The molecule has 0 aliphatic heterocycles. The number of carbonyl (C=O) groups excluding carboxylic acids is 1. The van der Waals surface area contributed by atoms with E-state index < -0.39 is 5.82 Å². The van der Waals surface area contributed by atoms with Crippen molar-refractivity contribution in [2.75, 3.05) is 5.32 Å². The van der Waals surface area contributed by atoms with Gasteiger partial charge in [0.1, 0.15) is 5.82 Å². The van der Waals surface area contributed by atoms with E-state index in [9.17, 15) is 9.18 Å². The highest BCUT2D eigenvalue weighted by atomic mass is 35.5. The lowest BCUT2D eigenvalue weighted by Gasteiger charge is -2.06. The maximum Gasteiger partial charge on any atom is 0.255 e. The van der Waals surface area contributed by atoms with E-state index in [0.717, 1.165) is 5.56 Å². The summed E-state index contributed by atoms with van der Waals surface area (Å²) in [6.07, 6.45) is 0. The first kappa shape index (κ1) is 12.6. The average molecular weight is 264 g/mol. The number of aryl methyl sites for hydroxylation is 1. The Hall–Kier alpha value is -1.87. The van der Waals surface area contributed by atoms with Crippen LogP contribution in [0.3, 0.4) is 0 Å². The summed E-state index contributed by atoms with van der Waals surface area (Å²) in [5, 5.41) is 3.14. The zero-order valence-electron chi connectivity index (χ0n) is 9.71. The molecule has 0 atom stereocenters. The van der Waals surface area contributed by atoms with Gasteiger partial charge in [-0.15, -0.1) is 0 Å². The second kappa shape index (κ2) is 5.19. The lowest BCUT2D eigenvalue weighted by molar-refractivity contribution is 0.102. The van der Waals surface area contributed by atoms with Crippen molar-refractivity contribution in [1.82, 2.24) is 0 Å². The van der Waals surface area contributed by atoms with Crippen molar-refractivity contribution < 1.29 is 9.18 Å². The fourth-order valence-electron chi connectivity index (χ4n) is 1.50. The molecule has 18 heavy (non-hydrogen) atoms. The molecule has 0 aromatic heterocycles. The minimum absolute atomic E-state index is 0.317. The van der Waals surface area contributed by atoms with Crippen LogP contribution in [0.2, 0.25) is 5.02 Å². The minimum Gasteiger partial charge on any atom is -0.322 e. The standard InChI is InChI=1S/C14H11ClFNO/c1-9-5-6-10(7-13(9)15)14(18)17-12-4-2-3-11(16)8-12/h2-8H,1H3,(H,17,18). The molecule has 2 rings (SSSR count). The van der Waals surface area contributed by atoms with Gasteiger partial charge in [-0.25, -0.2) is 4.39 Å². The topological polar surface area (TPSA) is 29.1 Å². The average Bonchev–Trinajstić information content (AvgIpc) is 2.32. The molecule has 2 aromatic carbocycles. The van der Waals surface area contributed by atoms with E-state index in [1.54, 1.807) is 24.3 Å². The molecule has 0 radical (unpaired) electrons. The number of hydrogen-bond donors (Lipinski definition) is 1. The second-order valence-corrected chi connectivity index (χ2v) is 4.34. The zero-order chi connectivity index (χ0) is 13.1. The smallest absolute Gasteiger partial charge is 0.255 e. The molecule has 0 aliphatic rings. The SMILES string of the molecule is Cc1ccc(C(=O)Nc2cccc(F)c2)cc1Cl. The van der Waals surface area contributed by atoms with Gasteiger partial charge in [0.05, 0.1) is 0 Å². The number of amides is 1. The number of nitrogens with one attached hydrogen (secondary N) is 1. The first-order valence-electron chi connectivity index (χ1n) is 5.39. The first-order valence-corrected chi connectivity index (χ1v) is 5.77. The Balaban J connectivity index is 2.19. The third kappa shape index (κ3) is 2.87. The van der Waals surface area contributed by atoms with Crippen molar-refractivity contribution in [3.05, 3.63) is 64.4 Å². The van der Waals surface area contributed by atoms with Crippen molar-refractivity contribution >= 4 is 23.2 Å². The molecule has 0 bridgehead atoms. The van der Waals surface area contributed by atoms with Crippen LogP contribution in [-0.4, -0.2) is 5.91 Å². The Kier molecular flexibility index (Phi) is 3.63. The number of benzene rings is 2. The van der Waals surface area contributed by atoms with Crippen molar-refractivity contribution in [3.8, 4) is 0 Å². The summed E-state index contributed by atoms with van der Waals surface area (Å²) in [7, 11) is 0. The third-order valence-corrected chi connectivity index (χ3v) is 2.92. The molecule has 0 unspecified atom stereocenters. The fraction of sp³-hybridized carbons (Fsp3) is 0.0714. The molecule has 1 amide bonds. The Morgan fingerprint density at radius 2 is 2.00 bits per heavy atom. The molecule has 4 heteroatoms. The number of rotatable bonds is 2. The Labute approximate surface area is 109 Å². The molecule has 92 valence electrons. The van der Waals surface area contributed by atoms with Crippen LogP contribution in [0.15, 0.2) is 42.5 Å². The van der Waals surface area contributed by atoms with Gasteiger partial charge >= 0.3 is 0 Å². The maximum absolute atomic E-state index is 13.0. The molecule has 1 N–H and O–H groups in total. The van der Waals surface area contributed by atoms with E-state index in [4.69, 9.17) is 11.6 Å². The molecule has 0 fully saturated rings. The summed E-state index contributed by atoms with van der Waals surface area (Å²) < 4.78 is 13.0.